The Balaban J connectivity index is 1.75. The third-order valence-electron chi connectivity index (χ3n) is 5.74. The summed E-state index contributed by atoms with van der Waals surface area (Å²) in [6, 6.07) is 6.49. The largest absolute Gasteiger partial charge is 0.352 e. The van der Waals surface area contributed by atoms with Crippen molar-refractivity contribution in [2.24, 2.45) is 5.92 Å². The zero-order chi connectivity index (χ0) is 24.1. The number of amides is 2. The topological polar surface area (TPSA) is 74.7 Å². The maximum atomic E-state index is 13.4. The SMILES string of the molecule is CC(C)CNC(=O)c1cn(C(C)C)cc(C(=O)N2CCN(Cc3cccc(F)c3)CC2)c1=O. The van der Waals surface area contributed by atoms with Crippen LogP contribution in [0.3, 0.4) is 0 Å². The summed E-state index contributed by atoms with van der Waals surface area (Å²) in [5.74, 6) is -0.842. The second kappa shape index (κ2) is 10.7. The van der Waals surface area contributed by atoms with Crippen molar-refractivity contribution in [3.63, 3.8) is 0 Å². The van der Waals surface area contributed by atoms with E-state index in [1.165, 1.54) is 18.3 Å². The fourth-order valence-electron chi connectivity index (χ4n) is 3.77. The van der Waals surface area contributed by atoms with Crippen molar-refractivity contribution in [2.45, 2.75) is 40.3 Å². The van der Waals surface area contributed by atoms with Crippen molar-refractivity contribution in [3.8, 4) is 0 Å². The molecular formula is C25H33FN4O3. The van der Waals surface area contributed by atoms with Gasteiger partial charge in [0, 0.05) is 57.7 Å². The Hall–Kier alpha value is -3.00. The summed E-state index contributed by atoms with van der Waals surface area (Å²) >= 11 is 0. The number of aromatic nitrogens is 1. The van der Waals surface area contributed by atoms with E-state index in [2.05, 4.69) is 10.2 Å². The lowest BCUT2D eigenvalue weighted by atomic mass is 10.1. The molecule has 0 bridgehead atoms. The Morgan fingerprint density at radius 3 is 2.30 bits per heavy atom. The number of halogens is 1. The van der Waals surface area contributed by atoms with Crippen LogP contribution in [0, 0.1) is 11.7 Å². The van der Waals surface area contributed by atoms with Gasteiger partial charge in [-0.05, 0) is 37.5 Å². The third kappa shape index (κ3) is 6.28. The highest BCUT2D eigenvalue weighted by Crippen LogP contribution is 2.13. The molecular weight excluding hydrogens is 423 g/mol. The zero-order valence-corrected chi connectivity index (χ0v) is 19.8. The number of hydrogen-bond donors (Lipinski definition) is 1. The van der Waals surface area contributed by atoms with Crippen LogP contribution in [-0.2, 0) is 6.54 Å². The maximum Gasteiger partial charge on any atom is 0.259 e. The summed E-state index contributed by atoms with van der Waals surface area (Å²) in [4.78, 5) is 42.8. The van der Waals surface area contributed by atoms with Crippen LogP contribution in [0.5, 0.6) is 0 Å². The van der Waals surface area contributed by atoms with E-state index in [9.17, 15) is 18.8 Å². The molecule has 0 unspecified atom stereocenters. The normalized spacial score (nSPS) is 14.7. The number of benzene rings is 1. The van der Waals surface area contributed by atoms with Crippen molar-refractivity contribution in [3.05, 3.63) is 69.4 Å². The molecule has 1 saturated heterocycles. The van der Waals surface area contributed by atoms with Crippen LogP contribution in [-0.4, -0.2) is 58.9 Å². The van der Waals surface area contributed by atoms with Gasteiger partial charge in [-0.25, -0.2) is 4.39 Å². The minimum Gasteiger partial charge on any atom is -0.352 e. The molecule has 1 aromatic heterocycles. The molecule has 178 valence electrons. The predicted octanol–water partition coefficient (Wildman–Crippen LogP) is 2.91. The molecule has 2 aromatic rings. The molecule has 0 spiro atoms. The standard InChI is InChI=1S/C25H33FN4O3/c1-17(2)13-27-24(32)21-15-30(18(3)4)16-22(23(21)31)25(33)29-10-8-28(9-11-29)14-19-6-5-7-20(26)12-19/h5-7,12,15-18H,8-11,13-14H2,1-4H3,(H,27,32). The first-order valence-corrected chi connectivity index (χ1v) is 11.5. The highest BCUT2D eigenvalue weighted by molar-refractivity contribution is 5.99. The number of carbonyl (C=O) groups is 2. The molecule has 0 atom stereocenters. The third-order valence-corrected chi connectivity index (χ3v) is 5.74. The van der Waals surface area contributed by atoms with Crippen molar-refractivity contribution < 1.29 is 14.0 Å². The average Bonchev–Trinajstić information content (AvgIpc) is 2.77. The minimum absolute atomic E-state index is 0.0134. The Labute approximate surface area is 194 Å². The number of piperazine rings is 1. The van der Waals surface area contributed by atoms with Crippen LogP contribution in [0.4, 0.5) is 4.39 Å². The van der Waals surface area contributed by atoms with E-state index >= 15 is 0 Å². The van der Waals surface area contributed by atoms with Crippen LogP contribution in [0.2, 0.25) is 0 Å². The van der Waals surface area contributed by atoms with Gasteiger partial charge in [-0.3, -0.25) is 19.3 Å². The van der Waals surface area contributed by atoms with Gasteiger partial charge in [0.1, 0.15) is 16.9 Å². The smallest absolute Gasteiger partial charge is 0.259 e. The van der Waals surface area contributed by atoms with Gasteiger partial charge in [-0.15, -0.1) is 0 Å². The van der Waals surface area contributed by atoms with Crippen LogP contribution in [0.25, 0.3) is 0 Å². The molecule has 3 rings (SSSR count). The lowest BCUT2D eigenvalue weighted by Crippen LogP contribution is -2.49. The van der Waals surface area contributed by atoms with Crippen molar-refractivity contribution in [1.82, 2.24) is 19.7 Å². The summed E-state index contributed by atoms with van der Waals surface area (Å²) in [5, 5.41) is 2.77. The van der Waals surface area contributed by atoms with E-state index in [0.717, 1.165) is 5.56 Å². The van der Waals surface area contributed by atoms with Gasteiger partial charge in [-0.2, -0.15) is 0 Å². The molecule has 2 amide bonds. The number of hydrogen-bond acceptors (Lipinski definition) is 4. The van der Waals surface area contributed by atoms with Crippen LogP contribution in [0.1, 0.15) is 60.0 Å². The number of nitrogens with one attached hydrogen (secondary N) is 1. The Morgan fingerprint density at radius 1 is 1.03 bits per heavy atom. The van der Waals surface area contributed by atoms with Gasteiger partial charge >= 0.3 is 0 Å². The number of carbonyl (C=O) groups excluding carboxylic acids is 2. The van der Waals surface area contributed by atoms with E-state index in [0.29, 0.717) is 39.3 Å². The van der Waals surface area contributed by atoms with Gasteiger partial charge in [0.25, 0.3) is 11.8 Å². The quantitative estimate of drug-likeness (QED) is 0.695. The maximum absolute atomic E-state index is 13.4. The average molecular weight is 457 g/mol. The number of rotatable bonds is 7. The minimum atomic E-state index is -0.541. The second-order valence-corrected chi connectivity index (χ2v) is 9.26. The molecule has 1 aliphatic rings. The molecule has 1 aromatic carbocycles. The van der Waals surface area contributed by atoms with Gasteiger partial charge in [-0.1, -0.05) is 26.0 Å². The summed E-state index contributed by atoms with van der Waals surface area (Å²) in [7, 11) is 0. The van der Waals surface area contributed by atoms with E-state index in [1.807, 2.05) is 33.8 Å². The number of pyridine rings is 1. The first-order valence-electron chi connectivity index (χ1n) is 11.5. The lowest BCUT2D eigenvalue weighted by Gasteiger charge is -2.34. The highest BCUT2D eigenvalue weighted by Gasteiger charge is 2.26. The van der Waals surface area contributed by atoms with Crippen LogP contribution >= 0.6 is 0 Å². The monoisotopic (exact) mass is 456 g/mol. The fourth-order valence-corrected chi connectivity index (χ4v) is 3.77. The molecule has 1 aliphatic heterocycles. The van der Waals surface area contributed by atoms with Gasteiger partial charge in [0.05, 0.1) is 0 Å². The van der Waals surface area contributed by atoms with Crippen molar-refractivity contribution in [1.29, 1.82) is 0 Å². The van der Waals surface area contributed by atoms with Crippen LogP contribution in [0.15, 0.2) is 41.5 Å². The van der Waals surface area contributed by atoms with Gasteiger partial charge < -0.3 is 14.8 Å². The Morgan fingerprint density at radius 2 is 1.70 bits per heavy atom. The molecule has 1 N–H and O–H groups in total. The molecule has 0 radical (unpaired) electrons. The fraction of sp³-hybridized carbons (Fsp3) is 0.480. The second-order valence-electron chi connectivity index (χ2n) is 9.26. The molecule has 0 aliphatic carbocycles. The molecule has 7 nitrogen and oxygen atoms in total. The Bertz CT molecular complexity index is 1060. The van der Waals surface area contributed by atoms with E-state index in [4.69, 9.17) is 0 Å². The van der Waals surface area contributed by atoms with Gasteiger partial charge in [0.15, 0.2) is 0 Å². The predicted molar refractivity (Wildman–Crippen MR) is 126 cm³/mol. The summed E-state index contributed by atoms with van der Waals surface area (Å²) in [6.07, 6.45) is 3.07. The first-order chi connectivity index (χ1) is 15.7. The summed E-state index contributed by atoms with van der Waals surface area (Å²) in [6.45, 7) is 11.0. The van der Waals surface area contributed by atoms with Crippen molar-refractivity contribution in [2.75, 3.05) is 32.7 Å². The summed E-state index contributed by atoms with van der Waals surface area (Å²) < 4.78 is 15.2. The molecule has 1 fully saturated rings. The van der Waals surface area contributed by atoms with E-state index in [1.54, 1.807) is 21.7 Å². The van der Waals surface area contributed by atoms with E-state index in [-0.39, 0.29) is 34.8 Å². The molecule has 2 heterocycles. The molecule has 33 heavy (non-hydrogen) atoms. The van der Waals surface area contributed by atoms with Gasteiger partial charge in [0.2, 0.25) is 5.43 Å². The number of nitrogens with zero attached hydrogens (tertiary/aromatic N) is 3. The lowest BCUT2D eigenvalue weighted by molar-refractivity contribution is 0.0626. The van der Waals surface area contributed by atoms with Crippen molar-refractivity contribution >= 4 is 11.8 Å². The summed E-state index contributed by atoms with van der Waals surface area (Å²) in [5.41, 5.74) is 0.342. The van der Waals surface area contributed by atoms with Crippen LogP contribution < -0.4 is 10.7 Å². The molecule has 8 heteroatoms. The Kier molecular flexibility index (Phi) is 8.02. The zero-order valence-electron chi connectivity index (χ0n) is 19.8. The van der Waals surface area contributed by atoms with E-state index < -0.39 is 11.3 Å². The highest BCUT2D eigenvalue weighted by atomic mass is 19.1. The first kappa shape index (κ1) is 24.6. The molecule has 0 saturated carbocycles.